The molecule has 1 saturated heterocycles. The van der Waals surface area contributed by atoms with Crippen LogP contribution in [0.15, 0.2) is 0 Å². The lowest BCUT2D eigenvalue weighted by Crippen LogP contribution is -2.47. The molecule has 2 rings (SSSR count). The van der Waals surface area contributed by atoms with Crippen molar-refractivity contribution in [3.63, 3.8) is 0 Å². The number of aliphatic hydroxyl groups is 1. The van der Waals surface area contributed by atoms with Gasteiger partial charge in [0.05, 0.1) is 23.5 Å². The van der Waals surface area contributed by atoms with E-state index >= 15 is 0 Å². The number of ether oxygens (including phenoxy) is 1. The fourth-order valence-corrected chi connectivity index (χ4v) is 1.83. The van der Waals surface area contributed by atoms with Gasteiger partial charge in [0.2, 0.25) is 5.95 Å². The average Bonchev–Trinajstić information content (AvgIpc) is 2.35. The molecule has 0 aromatic carbocycles. The maximum Gasteiger partial charge on any atom is 0.243 e. The minimum Gasteiger partial charge on any atom is -0.394 e. The predicted octanol–water partition coefficient (Wildman–Crippen LogP) is 0.442. The molecule has 0 unspecified atom stereocenters. The third-order valence-corrected chi connectivity index (χ3v) is 3.22. The number of nitrogens with one attached hydrogen (secondary N) is 1. The third kappa shape index (κ3) is 2.70. The Morgan fingerprint density at radius 3 is 2.53 bits per heavy atom. The first-order valence-electron chi connectivity index (χ1n) is 5.80. The lowest BCUT2D eigenvalue weighted by Gasteiger charge is -2.36. The first-order valence-corrected chi connectivity index (χ1v) is 5.80. The van der Waals surface area contributed by atoms with Gasteiger partial charge in [0.15, 0.2) is 0 Å². The first-order chi connectivity index (χ1) is 8.15. The summed E-state index contributed by atoms with van der Waals surface area (Å²) in [6.07, 6.45) is 1.50. The molecule has 2 heterocycles. The van der Waals surface area contributed by atoms with E-state index < -0.39 is 0 Å². The molecule has 0 aliphatic carbocycles. The number of anilines is 1. The van der Waals surface area contributed by atoms with E-state index in [4.69, 9.17) is 4.74 Å². The number of aryl methyl sites for hydroxylation is 2. The maximum absolute atomic E-state index is 9.53. The Bertz CT molecular complexity index is 391. The van der Waals surface area contributed by atoms with Crippen LogP contribution in [0.5, 0.6) is 0 Å². The molecule has 1 aliphatic heterocycles. The number of hydrogen-bond acceptors (Lipinski definition) is 6. The second kappa shape index (κ2) is 4.93. The zero-order chi connectivity index (χ0) is 12.3. The largest absolute Gasteiger partial charge is 0.394 e. The number of aromatic nitrogens is 3. The maximum atomic E-state index is 9.53. The number of nitrogens with zero attached hydrogens (tertiary/aromatic N) is 3. The van der Waals surface area contributed by atoms with Crippen LogP contribution in [0.25, 0.3) is 0 Å². The van der Waals surface area contributed by atoms with E-state index in [2.05, 4.69) is 20.5 Å². The molecule has 17 heavy (non-hydrogen) atoms. The van der Waals surface area contributed by atoms with Gasteiger partial charge in [-0.1, -0.05) is 0 Å². The van der Waals surface area contributed by atoms with E-state index in [-0.39, 0.29) is 12.1 Å². The minimum atomic E-state index is -0.373. The van der Waals surface area contributed by atoms with E-state index in [0.29, 0.717) is 19.2 Å². The van der Waals surface area contributed by atoms with Crippen LogP contribution in [0.3, 0.4) is 0 Å². The molecule has 6 nitrogen and oxygen atoms in total. The Balaban J connectivity index is 2.14. The van der Waals surface area contributed by atoms with Gasteiger partial charge in [-0.05, 0) is 26.7 Å². The Labute approximate surface area is 100 Å². The predicted molar refractivity (Wildman–Crippen MR) is 62.8 cm³/mol. The van der Waals surface area contributed by atoms with Crippen molar-refractivity contribution in [3.05, 3.63) is 11.4 Å². The van der Waals surface area contributed by atoms with Gasteiger partial charge in [-0.3, -0.25) is 0 Å². The van der Waals surface area contributed by atoms with Gasteiger partial charge >= 0.3 is 0 Å². The van der Waals surface area contributed by atoms with Gasteiger partial charge in [-0.2, -0.15) is 5.10 Å². The highest BCUT2D eigenvalue weighted by molar-refractivity contribution is 5.30. The van der Waals surface area contributed by atoms with Crippen molar-refractivity contribution in [2.24, 2.45) is 0 Å². The van der Waals surface area contributed by atoms with Crippen molar-refractivity contribution in [1.29, 1.82) is 0 Å². The van der Waals surface area contributed by atoms with Crippen LogP contribution in [0, 0.1) is 13.8 Å². The molecule has 0 radical (unpaired) electrons. The quantitative estimate of drug-likeness (QED) is 0.795. The normalized spacial score (nSPS) is 19.0. The molecule has 1 fully saturated rings. The molecular weight excluding hydrogens is 220 g/mol. The fourth-order valence-electron chi connectivity index (χ4n) is 1.83. The highest BCUT2D eigenvalue weighted by Gasteiger charge is 2.32. The smallest absolute Gasteiger partial charge is 0.243 e. The van der Waals surface area contributed by atoms with Gasteiger partial charge < -0.3 is 15.2 Å². The second-order valence-electron chi connectivity index (χ2n) is 4.48. The molecule has 94 valence electrons. The molecule has 6 heteroatoms. The number of aliphatic hydroxyl groups excluding tert-OH is 1. The summed E-state index contributed by atoms with van der Waals surface area (Å²) in [5, 5.41) is 20.8. The molecule has 1 aromatic heterocycles. The molecule has 2 N–H and O–H groups in total. The number of hydrogen-bond donors (Lipinski definition) is 2. The summed E-state index contributed by atoms with van der Waals surface area (Å²) in [5.41, 5.74) is 1.30. The minimum absolute atomic E-state index is 0.0483. The van der Waals surface area contributed by atoms with Crippen molar-refractivity contribution in [2.45, 2.75) is 32.2 Å². The Kier molecular flexibility index (Phi) is 3.54. The standard InChI is InChI=1S/C11H18N4O2/c1-8-9(2)14-15-10(12-8)13-11(7-16)3-5-17-6-4-11/h16H,3-7H2,1-2H3,(H,12,13,15). The molecule has 0 spiro atoms. The fraction of sp³-hybridized carbons (Fsp3) is 0.727. The zero-order valence-corrected chi connectivity index (χ0v) is 10.2. The Hall–Kier alpha value is -1.27. The van der Waals surface area contributed by atoms with Crippen LogP contribution < -0.4 is 5.32 Å². The van der Waals surface area contributed by atoms with E-state index in [9.17, 15) is 5.11 Å². The van der Waals surface area contributed by atoms with Crippen LogP contribution in [0.2, 0.25) is 0 Å². The molecule has 1 aromatic rings. The van der Waals surface area contributed by atoms with Crippen molar-refractivity contribution in [2.75, 3.05) is 25.1 Å². The topological polar surface area (TPSA) is 80.2 Å². The lowest BCUT2D eigenvalue weighted by atomic mass is 9.91. The van der Waals surface area contributed by atoms with Crippen molar-refractivity contribution in [3.8, 4) is 0 Å². The molecular formula is C11H18N4O2. The highest BCUT2D eigenvalue weighted by atomic mass is 16.5. The van der Waals surface area contributed by atoms with Crippen LogP contribution in [-0.4, -0.2) is 45.6 Å². The van der Waals surface area contributed by atoms with Gasteiger partial charge in [0.25, 0.3) is 0 Å². The van der Waals surface area contributed by atoms with Crippen molar-refractivity contribution < 1.29 is 9.84 Å². The molecule has 0 saturated carbocycles. The van der Waals surface area contributed by atoms with Gasteiger partial charge in [0.1, 0.15) is 0 Å². The van der Waals surface area contributed by atoms with Crippen LogP contribution in [-0.2, 0) is 4.74 Å². The lowest BCUT2D eigenvalue weighted by molar-refractivity contribution is 0.0376. The van der Waals surface area contributed by atoms with E-state index in [0.717, 1.165) is 24.2 Å². The Morgan fingerprint density at radius 2 is 1.94 bits per heavy atom. The van der Waals surface area contributed by atoms with E-state index in [1.165, 1.54) is 0 Å². The summed E-state index contributed by atoms with van der Waals surface area (Å²) in [6, 6.07) is 0. The summed E-state index contributed by atoms with van der Waals surface area (Å²) >= 11 is 0. The Morgan fingerprint density at radius 1 is 1.24 bits per heavy atom. The summed E-state index contributed by atoms with van der Waals surface area (Å²) in [6.45, 7) is 5.10. The molecule has 0 atom stereocenters. The number of rotatable bonds is 3. The van der Waals surface area contributed by atoms with Crippen molar-refractivity contribution in [1.82, 2.24) is 15.2 Å². The average molecular weight is 238 g/mol. The van der Waals surface area contributed by atoms with Crippen LogP contribution in [0.4, 0.5) is 5.95 Å². The van der Waals surface area contributed by atoms with Gasteiger partial charge in [-0.25, -0.2) is 4.98 Å². The first kappa shape index (κ1) is 12.2. The molecule has 1 aliphatic rings. The molecule has 0 amide bonds. The second-order valence-corrected chi connectivity index (χ2v) is 4.48. The van der Waals surface area contributed by atoms with Crippen LogP contribution >= 0.6 is 0 Å². The molecule has 0 bridgehead atoms. The van der Waals surface area contributed by atoms with E-state index in [1.807, 2.05) is 13.8 Å². The summed E-state index contributed by atoms with van der Waals surface area (Å²) < 4.78 is 5.30. The van der Waals surface area contributed by atoms with Crippen molar-refractivity contribution >= 4 is 5.95 Å². The summed E-state index contributed by atoms with van der Waals surface area (Å²) in [5.74, 6) is 0.476. The summed E-state index contributed by atoms with van der Waals surface area (Å²) in [7, 11) is 0. The third-order valence-electron chi connectivity index (χ3n) is 3.22. The highest BCUT2D eigenvalue weighted by Crippen LogP contribution is 2.23. The monoisotopic (exact) mass is 238 g/mol. The zero-order valence-electron chi connectivity index (χ0n) is 10.2. The SMILES string of the molecule is Cc1nnc(NC2(CO)CCOCC2)nc1C. The van der Waals surface area contributed by atoms with Crippen LogP contribution in [0.1, 0.15) is 24.2 Å². The van der Waals surface area contributed by atoms with E-state index in [1.54, 1.807) is 0 Å². The van der Waals surface area contributed by atoms with Gasteiger partial charge in [-0.15, -0.1) is 5.10 Å². The summed E-state index contributed by atoms with van der Waals surface area (Å²) in [4.78, 5) is 4.32. The van der Waals surface area contributed by atoms with Gasteiger partial charge in [0, 0.05) is 13.2 Å².